The summed E-state index contributed by atoms with van der Waals surface area (Å²) in [5, 5.41) is 15.1. The standard InChI is InChI=1S/C19H36N6.HI/c1-5-18-24-22-14-25(18)13-12-21-19(20-6-2)23-16(4)15(3)17-10-8-7-9-11-17;/h14-17H,5-13H2,1-4H3,(H2,20,21,23);1H. The zero-order chi connectivity index (χ0) is 18.1. The van der Waals surface area contributed by atoms with Crippen LogP contribution in [-0.2, 0) is 13.0 Å². The second kappa shape index (κ2) is 12.5. The topological polar surface area (TPSA) is 67.1 Å². The number of nitrogens with zero attached hydrogens (tertiary/aromatic N) is 4. The van der Waals surface area contributed by atoms with Crippen molar-refractivity contribution in [2.75, 3.05) is 13.1 Å². The van der Waals surface area contributed by atoms with E-state index >= 15 is 0 Å². The van der Waals surface area contributed by atoms with Crippen LogP contribution in [0.1, 0.15) is 65.6 Å². The zero-order valence-electron chi connectivity index (χ0n) is 16.9. The summed E-state index contributed by atoms with van der Waals surface area (Å²) in [6.07, 6.45) is 9.67. The minimum atomic E-state index is 0. The smallest absolute Gasteiger partial charge is 0.191 e. The van der Waals surface area contributed by atoms with Gasteiger partial charge in [0.05, 0.1) is 6.54 Å². The largest absolute Gasteiger partial charge is 0.357 e. The number of aliphatic imine (C=N–C) groups is 1. The van der Waals surface area contributed by atoms with E-state index in [0.717, 1.165) is 43.8 Å². The third-order valence-corrected chi connectivity index (χ3v) is 5.51. The van der Waals surface area contributed by atoms with Crippen LogP contribution < -0.4 is 10.6 Å². The van der Waals surface area contributed by atoms with Gasteiger partial charge in [-0.25, -0.2) is 0 Å². The summed E-state index contributed by atoms with van der Waals surface area (Å²) in [4.78, 5) is 4.75. The molecular weight excluding hydrogens is 439 g/mol. The second-order valence-electron chi connectivity index (χ2n) is 7.24. The first-order valence-electron chi connectivity index (χ1n) is 10.1. The Bertz CT molecular complexity index is 524. The zero-order valence-corrected chi connectivity index (χ0v) is 19.2. The highest BCUT2D eigenvalue weighted by atomic mass is 127. The molecule has 1 aliphatic rings. The van der Waals surface area contributed by atoms with Crippen LogP contribution in [0.2, 0.25) is 0 Å². The molecule has 1 heterocycles. The Kier molecular flexibility index (Phi) is 11.2. The minimum absolute atomic E-state index is 0. The Hall–Kier alpha value is -0.860. The highest BCUT2D eigenvalue weighted by molar-refractivity contribution is 14.0. The van der Waals surface area contributed by atoms with E-state index in [2.05, 4.69) is 53.1 Å². The summed E-state index contributed by atoms with van der Waals surface area (Å²) in [7, 11) is 0. The SMILES string of the molecule is CCNC(=NCCn1cnnc1CC)NC(C)C(C)C1CCCCC1.I. The maximum absolute atomic E-state index is 4.75. The lowest BCUT2D eigenvalue weighted by Gasteiger charge is -2.33. The van der Waals surface area contributed by atoms with E-state index in [9.17, 15) is 0 Å². The summed E-state index contributed by atoms with van der Waals surface area (Å²) in [6.45, 7) is 11.3. The van der Waals surface area contributed by atoms with Gasteiger partial charge >= 0.3 is 0 Å². The molecule has 0 saturated heterocycles. The van der Waals surface area contributed by atoms with Crippen molar-refractivity contribution in [3.63, 3.8) is 0 Å². The van der Waals surface area contributed by atoms with Gasteiger partial charge in [0.2, 0.25) is 0 Å². The number of guanidine groups is 1. The van der Waals surface area contributed by atoms with Gasteiger partial charge in [-0.3, -0.25) is 4.99 Å². The molecule has 0 aromatic carbocycles. The van der Waals surface area contributed by atoms with Crippen LogP contribution in [0, 0.1) is 11.8 Å². The normalized spacial score (nSPS) is 18.1. The first-order valence-corrected chi connectivity index (χ1v) is 10.1. The molecule has 1 fully saturated rings. The highest BCUT2D eigenvalue weighted by Crippen LogP contribution is 2.31. The first-order chi connectivity index (χ1) is 12.2. The molecule has 1 aromatic rings. The molecule has 7 heteroatoms. The van der Waals surface area contributed by atoms with Gasteiger partial charge in [-0.15, -0.1) is 34.2 Å². The van der Waals surface area contributed by atoms with Crippen LogP contribution >= 0.6 is 24.0 Å². The van der Waals surface area contributed by atoms with Crippen LogP contribution in [0.25, 0.3) is 0 Å². The fourth-order valence-corrected chi connectivity index (χ4v) is 3.74. The fraction of sp³-hybridized carbons (Fsp3) is 0.842. The van der Waals surface area contributed by atoms with Crippen LogP contribution in [-0.4, -0.2) is 39.9 Å². The van der Waals surface area contributed by atoms with E-state index in [0.29, 0.717) is 12.0 Å². The Morgan fingerprint density at radius 2 is 2.00 bits per heavy atom. The van der Waals surface area contributed by atoms with E-state index in [-0.39, 0.29) is 24.0 Å². The van der Waals surface area contributed by atoms with Crippen molar-refractivity contribution in [3.8, 4) is 0 Å². The molecule has 26 heavy (non-hydrogen) atoms. The maximum Gasteiger partial charge on any atom is 0.191 e. The lowest BCUT2D eigenvalue weighted by atomic mass is 9.78. The molecule has 2 unspecified atom stereocenters. The molecule has 1 saturated carbocycles. The lowest BCUT2D eigenvalue weighted by molar-refractivity contribution is 0.229. The van der Waals surface area contributed by atoms with Gasteiger partial charge in [-0.05, 0) is 25.7 Å². The molecule has 0 aliphatic heterocycles. The van der Waals surface area contributed by atoms with E-state index in [1.807, 2.05) is 0 Å². The molecule has 0 bridgehead atoms. The average molecular weight is 476 g/mol. The van der Waals surface area contributed by atoms with Crippen molar-refractivity contribution < 1.29 is 0 Å². The number of hydrogen-bond acceptors (Lipinski definition) is 3. The summed E-state index contributed by atoms with van der Waals surface area (Å²) in [6, 6.07) is 0.432. The van der Waals surface area contributed by atoms with Crippen molar-refractivity contribution in [1.82, 2.24) is 25.4 Å². The molecule has 2 rings (SSSR count). The third-order valence-electron chi connectivity index (χ3n) is 5.51. The Labute approximate surface area is 176 Å². The quantitative estimate of drug-likeness (QED) is 0.342. The van der Waals surface area contributed by atoms with Gasteiger partial charge in [0.25, 0.3) is 0 Å². The third kappa shape index (κ3) is 7.04. The Balaban J connectivity index is 0.00000338. The summed E-state index contributed by atoms with van der Waals surface area (Å²) < 4.78 is 2.08. The van der Waals surface area contributed by atoms with E-state index in [1.54, 1.807) is 6.33 Å². The number of aromatic nitrogens is 3. The van der Waals surface area contributed by atoms with Crippen LogP contribution in [0.4, 0.5) is 0 Å². The lowest BCUT2D eigenvalue weighted by Crippen LogP contribution is -2.46. The molecular formula is C19H37IN6. The number of aryl methyl sites for hydroxylation is 1. The molecule has 1 aliphatic carbocycles. The van der Waals surface area contributed by atoms with Crippen molar-refractivity contribution in [1.29, 1.82) is 0 Å². The summed E-state index contributed by atoms with van der Waals surface area (Å²) in [5.74, 6) is 3.47. The summed E-state index contributed by atoms with van der Waals surface area (Å²) in [5.41, 5.74) is 0. The molecule has 150 valence electrons. The van der Waals surface area contributed by atoms with Gasteiger partial charge in [0.15, 0.2) is 5.96 Å². The predicted octanol–water partition coefficient (Wildman–Crippen LogP) is 3.62. The van der Waals surface area contributed by atoms with E-state index < -0.39 is 0 Å². The van der Waals surface area contributed by atoms with Gasteiger partial charge in [-0.1, -0.05) is 46.0 Å². The van der Waals surface area contributed by atoms with E-state index in [4.69, 9.17) is 4.99 Å². The monoisotopic (exact) mass is 476 g/mol. The van der Waals surface area contributed by atoms with Gasteiger partial charge in [0.1, 0.15) is 12.2 Å². The summed E-state index contributed by atoms with van der Waals surface area (Å²) >= 11 is 0. The molecule has 6 nitrogen and oxygen atoms in total. The van der Waals surface area contributed by atoms with Crippen LogP contribution in [0.5, 0.6) is 0 Å². The molecule has 2 N–H and O–H groups in total. The Morgan fingerprint density at radius 1 is 1.27 bits per heavy atom. The predicted molar refractivity (Wildman–Crippen MR) is 119 cm³/mol. The molecule has 1 aromatic heterocycles. The Morgan fingerprint density at radius 3 is 2.65 bits per heavy atom. The number of nitrogens with one attached hydrogen (secondary N) is 2. The fourth-order valence-electron chi connectivity index (χ4n) is 3.74. The first kappa shape index (κ1) is 23.2. The minimum Gasteiger partial charge on any atom is -0.357 e. The van der Waals surface area contributed by atoms with Gasteiger partial charge in [0, 0.05) is 25.6 Å². The van der Waals surface area contributed by atoms with Crippen molar-refractivity contribution in [2.24, 2.45) is 16.8 Å². The van der Waals surface area contributed by atoms with Gasteiger partial charge in [-0.2, -0.15) is 0 Å². The van der Waals surface area contributed by atoms with E-state index in [1.165, 1.54) is 32.1 Å². The van der Waals surface area contributed by atoms with Crippen molar-refractivity contribution >= 4 is 29.9 Å². The number of rotatable bonds is 8. The molecule has 0 radical (unpaired) electrons. The number of halogens is 1. The van der Waals surface area contributed by atoms with Crippen molar-refractivity contribution in [2.45, 2.75) is 78.8 Å². The molecule has 2 atom stereocenters. The maximum atomic E-state index is 4.75. The average Bonchev–Trinajstić information content (AvgIpc) is 3.09. The van der Waals surface area contributed by atoms with Crippen molar-refractivity contribution in [3.05, 3.63) is 12.2 Å². The highest BCUT2D eigenvalue weighted by Gasteiger charge is 2.24. The van der Waals surface area contributed by atoms with Gasteiger partial charge < -0.3 is 15.2 Å². The molecule has 0 amide bonds. The second-order valence-corrected chi connectivity index (χ2v) is 7.24. The molecule has 0 spiro atoms. The van der Waals surface area contributed by atoms with Crippen LogP contribution in [0.15, 0.2) is 11.3 Å². The van der Waals surface area contributed by atoms with Crippen LogP contribution in [0.3, 0.4) is 0 Å². The number of hydrogen-bond donors (Lipinski definition) is 2.